The van der Waals surface area contributed by atoms with E-state index in [1.54, 1.807) is 16.7 Å². The SMILES string of the molecule is CSCCC(=O)N(CCC(=O)O)c1ccc(C)cc1. The average Bonchev–Trinajstić information content (AvgIpc) is 2.38. The molecule has 0 radical (unpaired) electrons. The monoisotopic (exact) mass is 281 g/mol. The van der Waals surface area contributed by atoms with E-state index in [4.69, 9.17) is 5.11 Å². The third-order valence-corrected chi connectivity index (χ3v) is 3.33. The summed E-state index contributed by atoms with van der Waals surface area (Å²) in [5.74, 6) is -0.178. The summed E-state index contributed by atoms with van der Waals surface area (Å²) in [6, 6.07) is 7.55. The maximum Gasteiger partial charge on any atom is 0.305 e. The second-order valence-corrected chi connectivity index (χ2v) is 5.25. The largest absolute Gasteiger partial charge is 0.481 e. The molecule has 0 aliphatic heterocycles. The van der Waals surface area contributed by atoms with E-state index in [0.717, 1.165) is 17.0 Å². The molecule has 1 aromatic carbocycles. The van der Waals surface area contributed by atoms with Crippen molar-refractivity contribution in [2.75, 3.05) is 23.5 Å². The fourth-order valence-corrected chi connectivity index (χ4v) is 2.03. The number of amides is 1. The summed E-state index contributed by atoms with van der Waals surface area (Å²) < 4.78 is 0. The number of carbonyl (C=O) groups excluding carboxylic acids is 1. The van der Waals surface area contributed by atoms with Crippen molar-refractivity contribution < 1.29 is 14.7 Å². The number of anilines is 1. The van der Waals surface area contributed by atoms with Crippen molar-refractivity contribution in [3.63, 3.8) is 0 Å². The Morgan fingerprint density at radius 1 is 1.21 bits per heavy atom. The third-order valence-electron chi connectivity index (χ3n) is 2.72. The summed E-state index contributed by atoms with van der Waals surface area (Å²) in [5, 5.41) is 8.77. The lowest BCUT2D eigenvalue weighted by atomic mass is 10.2. The molecule has 19 heavy (non-hydrogen) atoms. The fourth-order valence-electron chi connectivity index (χ4n) is 1.65. The summed E-state index contributed by atoms with van der Waals surface area (Å²) in [6.07, 6.45) is 2.33. The van der Waals surface area contributed by atoms with Crippen LogP contribution in [-0.4, -0.2) is 35.5 Å². The number of aryl methyl sites for hydroxylation is 1. The topological polar surface area (TPSA) is 57.6 Å². The molecule has 0 fully saturated rings. The third kappa shape index (κ3) is 5.34. The van der Waals surface area contributed by atoms with Crippen molar-refractivity contribution >= 4 is 29.3 Å². The van der Waals surface area contributed by atoms with Crippen LogP contribution in [0, 0.1) is 6.92 Å². The van der Waals surface area contributed by atoms with Crippen LogP contribution in [0.5, 0.6) is 0 Å². The normalized spacial score (nSPS) is 10.2. The fraction of sp³-hybridized carbons (Fsp3) is 0.429. The van der Waals surface area contributed by atoms with Crippen LogP contribution in [0.2, 0.25) is 0 Å². The molecular formula is C14H19NO3S. The molecule has 0 aliphatic rings. The quantitative estimate of drug-likeness (QED) is 0.834. The molecule has 4 nitrogen and oxygen atoms in total. The second-order valence-electron chi connectivity index (χ2n) is 4.27. The smallest absolute Gasteiger partial charge is 0.305 e. The van der Waals surface area contributed by atoms with E-state index in [1.807, 2.05) is 37.4 Å². The molecule has 0 aliphatic carbocycles. The van der Waals surface area contributed by atoms with Crippen LogP contribution < -0.4 is 4.90 Å². The molecule has 5 heteroatoms. The molecule has 1 N–H and O–H groups in total. The van der Waals surface area contributed by atoms with Gasteiger partial charge in [0.05, 0.1) is 6.42 Å². The van der Waals surface area contributed by atoms with E-state index in [9.17, 15) is 9.59 Å². The molecule has 0 heterocycles. The van der Waals surface area contributed by atoms with E-state index in [1.165, 1.54) is 0 Å². The molecule has 0 bridgehead atoms. The van der Waals surface area contributed by atoms with Gasteiger partial charge in [0, 0.05) is 24.4 Å². The number of aliphatic carboxylic acids is 1. The number of thioether (sulfide) groups is 1. The highest BCUT2D eigenvalue weighted by atomic mass is 32.2. The number of nitrogens with zero attached hydrogens (tertiary/aromatic N) is 1. The first-order valence-corrected chi connectivity index (χ1v) is 7.51. The first-order valence-electron chi connectivity index (χ1n) is 6.12. The number of carbonyl (C=O) groups is 2. The maximum atomic E-state index is 12.1. The minimum absolute atomic E-state index is 0.0283. The molecule has 0 aromatic heterocycles. The van der Waals surface area contributed by atoms with Gasteiger partial charge in [0.2, 0.25) is 5.91 Å². The second kappa shape index (κ2) is 7.84. The highest BCUT2D eigenvalue weighted by molar-refractivity contribution is 7.98. The summed E-state index contributed by atoms with van der Waals surface area (Å²) in [5.41, 5.74) is 1.87. The first-order chi connectivity index (χ1) is 9.04. The molecule has 1 rings (SSSR count). The van der Waals surface area contributed by atoms with Gasteiger partial charge in [-0.1, -0.05) is 17.7 Å². The van der Waals surface area contributed by atoms with Crippen LogP contribution in [0.15, 0.2) is 24.3 Å². The highest BCUT2D eigenvalue weighted by Crippen LogP contribution is 2.17. The lowest BCUT2D eigenvalue weighted by Crippen LogP contribution is -2.33. The number of hydrogen-bond acceptors (Lipinski definition) is 3. The zero-order chi connectivity index (χ0) is 14.3. The molecule has 0 spiro atoms. The van der Waals surface area contributed by atoms with Gasteiger partial charge in [-0.3, -0.25) is 9.59 Å². The van der Waals surface area contributed by atoms with Crippen molar-refractivity contribution in [2.45, 2.75) is 19.8 Å². The van der Waals surface area contributed by atoms with E-state index in [2.05, 4.69) is 0 Å². The zero-order valence-electron chi connectivity index (χ0n) is 11.3. The summed E-state index contributed by atoms with van der Waals surface area (Å²) in [4.78, 5) is 24.4. The van der Waals surface area contributed by atoms with E-state index in [-0.39, 0.29) is 18.9 Å². The van der Waals surface area contributed by atoms with E-state index >= 15 is 0 Å². The molecule has 1 aromatic rings. The van der Waals surface area contributed by atoms with Crippen LogP contribution in [0.3, 0.4) is 0 Å². The standard InChI is InChI=1S/C14H19NO3S/c1-11-3-5-12(6-4-11)15(9-7-14(17)18)13(16)8-10-19-2/h3-6H,7-10H2,1-2H3,(H,17,18). The maximum absolute atomic E-state index is 12.1. The molecule has 0 saturated heterocycles. The average molecular weight is 281 g/mol. The van der Waals surface area contributed by atoms with Crippen molar-refractivity contribution in [1.29, 1.82) is 0 Å². The Morgan fingerprint density at radius 2 is 1.84 bits per heavy atom. The Balaban J connectivity index is 2.81. The minimum Gasteiger partial charge on any atom is -0.481 e. The Bertz CT molecular complexity index is 431. The summed E-state index contributed by atoms with van der Waals surface area (Å²) in [6.45, 7) is 2.19. The van der Waals surface area contributed by atoms with E-state index in [0.29, 0.717) is 6.42 Å². The molecule has 0 unspecified atom stereocenters. The summed E-state index contributed by atoms with van der Waals surface area (Å²) in [7, 11) is 0. The van der Waals surface area contributed by atoms with Gasteiger partial charge in [-0.25, -0.2) is 0 Å². The van der Waals surface area contributed by atoms with Crippen molar-refractivity contribution in [2.24, 2.45) is 0 Å². The first kappa shape index (κ1) is 15.6. The van der Waals surface area contributed by atoms with Gasteiger partial charge < -0.3 is 10.0 Å². The van der Waals surface area contributed by atoms with Gasteiger partial charge in [-0.15, -0.1) is 0 Å². The highest BCUT2D eigenvalue weighted by Gasteiger charge is 2.16. The molecule has 104 valence electrons. The zero-order valence-corrected chi connectivity index (χ0v) is 12.1. The van der Waals surface area contributed by atoms with Crippen LogP contribution in [0.4, 0.5) is 5.69 Å². The van der Waals surface area contributed by atoms with Gasteiger partial charge in [-0.05, 0) is 25.3 Å². The Kier molecular flexibility index (Phi) is 6.42. The van der Waals surface area contributed by atoms with Gasteiger partial charge in [-0.2, -0.15) is 11.8 Å². The predicted molar refractivity (Wildman–Crippen MR) is 78.8 cm³/mol. The predicted octanol–water partition coefficient (Wildman–Crippen LogP) is 2.56. The Morgan fingerprint density at radius 3 is 2.37 bits per heavy atom. The van der Waals surface area contributed by atoms with Crippen molar-refractivity contribution in [3.8, 4) is 0 Å². The van der Waals surface area contributed by atoms with Crippen LogP contribution in [0.1, 0.15) is 18.4 Å². The van der Waals surface area contributed by atoms with Gasteiger partial charge in [0.25, 0.3) is 0 Å². The summed E-state index contributed by atoms with van der Waals surface area (Å²) >= 11 is 1.61. The molecule has 0 atom stereocenters. The van der Waals surface area contributed by atoms with Gasteiger partial charge >= 0.3 is 5.97 Å². The number of rotatable bonds is 7. The van der Waals surface area contributed by atoms with Crippen LogP contribution >= 0.6 is 11.8 Å². The van der Waals surface area contributed by atoms with Crippen LogP contribution in [0.25, 0.3) is 0 Å². The molecular weight excluding hydrogens is 262 g/mol. The Labute approximate surface area is 117 Å². The number of hydrogen-bond donors (Lipinski definition) is 1. The minimum atomic E-state index is -0.894. The number of benzene rings is 1. The van der Waals surface area contributed by atoms with E-state index < -0.39 is 5.97 Å². The van der Waals surface area contributed by atoms with Crippen LogP contribution in [-0.2, 0) is 9.59 Å². The van der Waals surface area contributed by atoms with Gasteiger partial charge in [0.15, 0.2) is 0 Å². The lowest BCUT2D eigenvalue weighted by Gasteiger charge is -2.22. The number of carboxylic acids is 1. The molecule has 1 amide bonds. The molecule has 0 saturated carbocycles. The van der Waals surface area contributed by atoms with Crippen molar-refractivity contribution in [3.05, 3.63) is 29.8 Å². The van der Waals surface area contributed by atoms with Gasteiger partial charge in [0.1, 0.15) is 0 Å². The van der Waals surface area contributed by atoms with Crippen molar-refractivity contribution in [1.82, 2.24) is 0 Å². The number of carboxylic acid groups (broad SMARTS) is 1. The Hall–Kier alpha value is -1.49. The lowest BCUT2D eigenvalue weighted by molar-refractivity contribution is -0.136.